The van der Waals surface area contributed by atoms with E-state index in [1.165, 1.54) is 5.56 Å². The lowest BCUT2D eigenvalue weighted by Gasteiger charge is -2.35. The van der Waals surface area contributed by atoms with Crippen LogP contribution in [0.25, 0.3) is 21.8 Å². The third-order valence-electron chi connectivity index (χ3n) is 5.82. The Morgan fingerprint density at radius 1 is 0.897 bits per heavy atom. The molecule has 150 valence electrons. The zero-order chi connectivity index (χ0) is 19.6. The van der Waals surface area contributed by atoms with Crippen LogP contribution >= 0.6 is 0 Å². The van der Waals surface area contributed by atoms with Crippen LogP contribution in [0.4, 0.5) is 0 Å². The lowest BCUT2D eigenvalue weighted by Crippen LogP contribution is -2.47. The quantitative estimate of drug-likeness (QED) is 0.540. The molecule has 0 saturated carbocycles. The fourth-order valence-electron chi connectivity index (χ4n) is 4.01. The number of β-amino-alcohol motifs (C(OH)–C–C–N with tert-alkyl or cyclic N) is 1. The number of piperazine rings is 1. The van der Waals surface area contributed by atoms with Crippen molar-refractivity contribution in [2.75, 3.05) is 39.3 Å². The van der Waals surface area contributed by atoms with E-state index >= 15 is 0 Å². The summed E-state index contributed by atoms with van der Waals surface area (Å²) in [4.78, 5) is 4.82. The maximum Gasteiger partial charge on any atom is 0.135 e. The van der Waals surface area contributed by atoms with Crippen molar-refractivity contribution in [3.05, 3.63) is 60.1 Å². The van der Waals surface area contributed by atoms with Crippen LogP contribution in [-0.4, -0.2) is 64.5 Å². The first-order chi connectivity index (χ1) is 14.2. The lowest BCUT2D eigenvalue weighted by atomic mass is 10.1. The summed E-state index contributed by atoms with van der Waals surface area (Å²) in [6.07, 6.45) is 3.95. The Kier molecular flexibility index (Phi) is 5.01. The molecule has 4 aromatic rings. The van der Waals surface area contributed by atoms with E-state index in [1.807, 2.05) is 24.3 Å². The highest BCUT2D eigenvalue weighted by Gasteiger charge is 2.20. The van der Waals surface area contributed by atoms with E-state index in [1.54, 1.807) is 12.5 Å². The summed E-state index contributed by atoms with van der Waals surface area (Å²) < 4.78 is 9.99. The average molecular weight is 392 g/mol. The van der Waals surface area contributed by atoms with E-state index in [0.29, 0.717) is 6.54 Å². The van der Waals surface area contributed by atoms with Gasteiger partial charge in [0.05, 0.1) is 18.6 Å². The average Bonchev–Trinajstić information content (AvgIpc) is 3.41. The van der Waals surface area contributed by atoms with Crippen molar-refractivity contribution in [3.8, 4) is 0 Å². The molecule has 0 spiro atoms. The summed E-state index contributed by atoms with van der Waals surface area (Å²) >= 11 is 0. The van der Waals surface area contributed by atoms with E-state index in [0.717, 1.165) is 66.5 Å². The van der Waals surface area contributed by atoms with Crippen molar-refractivity contribution < 1.29 is 14.2 Å². The molecule has 7 heteroatoms. The fourth-order valence-corrected chi connectivity index (χ4v) is 4.01. The molecule has 0 amide bonds. The number of aliphatic hydroxyl groups excluding tert-OH is 1. The van der Waals surface area contributed by atoms with Gasteiger partial charge >= 0.3 is 0 Å². The van der Waals surface area contributed by atoms with E-state index in [-0.39, 0.29) is 0 Å². The van der Waals surface area contributed by atoms with Crippen molar-refractivity contribution in [2.45, 2.75) is 12.5 Å². The van der Waals surface area contributed by atoms with Crippen LogP contribution < -0.4 is 0 Å². The Morgan fingerprint density at radius 2 is 1.69 bits per heavy atom. The smallest absolute Gasteiger partial charge is 0.135 e. The first kappa shape index (κ1) is 18.3. The van der Waals surface area contributed by atoms with Crippen LogP contribution in [0.15, 0.2) is 58.0 Å². The third kappa shape index (κ3) is 4.03. The van der Waals surface area contributed by atoms with Crippen molar-refractivity contribution in [3.63, 3.8) is 0 Å². The predicted octanol–water partition coefficient (Wildman–Crippen LogP) is 2.86. The minimum atomic E-state index is -0.483. The molecule has 2 aromatic carbocycles. The lowest BCUT2D eigenvalue weighted by molar-refractivity contribution is 0.0730. The van der Waals surface area contributed by atoms with Crippen LogP contribution in [0, 0.1) is 0 Å². The van der Waals surface area contributed by atoms with Crippen molar-refractivity contribution in [2.24, 2.45) is 0 Å². The minimum absolute atomic E-state index is 0.483. The maximum absolute atomic E-state index is 10.7. The van der Waals surface area contributed by atoms with E-state index in [4.69, 9.17) is 9.05 Å². The van der Waals surface area contributed by atoms with Gasteiger partial charge < -0.3 is 14.4 Å². The number of fused-ring (bicyclic) bond motifs is 2. The third-order valence-corrected chi connectivity index (χ3v) is 5.82. The Morgan fingerprint density at radius 3 is 2.59 bits per heavy atom. The second kappa shape index (κ2) is 7.94. The van der Waals surface area contributed by atoms with Gasteiger partial charge in [0.15, 0.2) is 0 Å². The Balaban J connectivity index is 1.11. The molecule has 3 heterocycles. The van der Waals surface area contributed by atoms with Crippen molar-refractivity contribution in [1.82, 2.24) is 20.1 Å². The Labute approximate surface area is 168 Å². The number of benzene rings is 2. The monoisotopic (exact) mass is 392 g/mol. The molecule has 0 bridgehead atoms. The zero-order valence-electron chi connectivity index (χ0n) is 16.2. The summed E-state index contributed by atoms with van der Waals surface area (Å²) in [5.41, 5.74) is 3.81. The topological polar surface area (TPSA) is 78.8 Å². The largest absolute Gasteiger partial charge is 0.471 e. The van der Waals surface area contributed by atoms with Gasteiger partial charge in [0, 0.05) is 50.0 Å². The predicted molar refractivity (Wildman–Crippen MR) is 110 cm³/mol. The normalized spacial score (nSPS) is 17.3. The molecule has 1 aliphatic rings. The number of rotatable bonds is 6. The SMILES string of the molecule is OC(CN1CCN(CCc2ccc3nonc3c2)CC1)c1ccc2cocc2c1. The summed E-state index contributed by atoms with van der Waals surface area (Å²) in [6, 6.07) is 12.1. The Bertz CT molecular complexity index is 1100. The summed E-state index contributed by atoms with van der Waals surface area (Å²) in [5, 5.41) is 20.5. The van der Waals surface area contributed by atoms with Crippen LogP contribution in [0.2, 0.25) is 0 Å². The maximum atomic E-state index is 10.7. The van der Waals surface area contributed by atoms with Gasteiger partial charge in [-0.25, -0.2) is 4.63 Å². The molecule has 5 rings (SSSR count). The summed E-state index contributed by atoms with van der Waals surface area (Å²) in [5.74, 6) is 0. The number of aromatic nitrogens is 2. The molecule has 1 N–H and O–H groups in total. The first-order valence-corrected chi connectivity index (χ1v) is 10.0. The minimum Gasteiger partial charge on any atom is -0.471 e. The second-order valence-corrected chi connectivity index (χ2v) is 7.76. The van der Waals surface area contributed by atoms with Crippen molar-refractivity contribution in [1.29, 1.82) is 0 Å². The van der Waals surface area contributed by atoms with Gasteiger partial charge in [-0.1, -0.05) is 18.2 Å². The number of aliphatic hydroxyl groups is 1. The molecular weight excluding hydrogens is 368 g/mol. The number of furan rings is 1. The van der Waals surface area contributed by atoms with Crippen LogP contribution in [-0.2, 0) is 6.42 Å². The Hall–Kier alpha value is -2.74. The standard InChI is InChI=1S/C22H24N4O3/c27-22(17-2-3-18-14-28-15-19(18)12-17)13-26-9-7-25(8-10-26)6-5-16-1-4-20-21(11-16)24-29-23-20/h1-4,11-12,14-15,22,27H,5-10,13H2. The van der Waals surface area contributed by atoms with E-state index in [2.05, 4.69) is 32.2 Å². The van der Waals surface area contributed by atoms with Gasteiger partial charge in [0.2, 0.25) is 0 Å². The van der Waals surface area contributed by atoms with Gasteiger partial charge in [-0.2, -0.15) is 0 Å². The van der Waals surface area contributed by atoms with Gasteiger partial charge in [0.25, 0.3) is 0 Å². The van der Waals surface area contributed by atoms with Gasteiger partial charge in [-0.3, -0.25) is 4.90 Å². The van der Waals surface area contributed by atoms with Crippen molar-refractivity contribution >= 4 is 21.8 Å². The van der Waals surface area contributed by atoms with Crippen LogP contribution in [0.1, 0.15) is 17.2 Å². The molecule has 1 aliphatic heterocycles. The highest BCUT2D eigenvalue weighted by Crippen LogP contribution is 2.22. The fraction of sp³-hybridized carbons (Fsp3) is 0.364. The van der Waals surface area contributed by atoms with Gasteiger partial charge in [0.1, 0.15) is 11.0 Å². The summed E-state index contributed by atoms with van der Waals surface area (Å²) in [6.45, 7) is 5.65. The first-order valence-electron chi connectivity index (χ1n) is 10.0. The van der Waals surface area contributed by atoms with Crippen LogP contribution in [0.5, 0.6) is 0 Å². The second-order valence-electron chi connectivity index (χ2n) is 7.76. The highest BCUT2D eigenvalue weighted by molar-refractivity contribution is 5.81. The molecule has 0 aliphatic carbocycles. The molecule has 1 atom stereocenters. The zero-order valence-corrected chi connectivity index (χ0v) is 16.2. The molecule has 29 heavy (non-hydrogen) atoms. The van der Waals surface area contributed by atoms with Crippen LogP contribution in [0.3, 0.4) is 0 Å². The molecule has 7 nitrogen and oxygen atoms in total. The van der Waals surface area contributed by atoms with Gasteiger partial charge in [-0.15, -0.1) is 0 Å². The molecular formula is C22H24N4O3. The van der Waals surface area contributed by atoms with E-state index in [9.17, 15) is 5.11 Å². The molecule has 2 aromatic heterocycles. The van der Waals surface area contributed by atoms with Gasteiger partial charge in [-0.05, 0) is 46.1 Å². The molecule has 0 radical (unpaired) electrons. The highest BCUT2D eigenvalue weighted by atomic mass is 16.6. The number of hydrogen-bond acceptors (Lipinski definition) is 7. The molecule has 1 unspecified atom stereocenters. The number of hydrogen-bond donors (Lipinski definition) is 1. The number of nitrogens with zero attached hydrogens (tertiary/aromatic N) is 4. The van der Waals surface area contributed by atoms with E-state index < -0.39 is 6.10 Å². The summed E-state index contributed by atoms with van der Waals surface area (Å²) in [7, 11) is 0. The molecule has 1 saturated heterocycles. The molecule has 1 fully saturated rings.